The van der Waals surface area contributed by atoms with Crippen LogP contribution in [0.5, 0.6) is 0 Å². The lowest BCUT2D eigenvalue weighted by molar-refractivity contribution is -0.155. The summed E-state index contributed by atoms with van der Waals surface area (Å²) in [7, 11) is -12.5. The van der Waals surface area contributed by atoms with Crippen LogP contribution < -0.4 is 0 Å². The number of hydrogen-bond donors (Lipinski definition) is 0. The van der Waals surface area contributed by atoms with E-state index < -0.39 is 68.2 Å². The van der Waals surface area contributed by atoms with Crippen LogP contribution in [0.1, 0.15) is 0 Å². The first-order valence-corrected chi connectivity index (χ1v) is 34.0. The Morgan fingerprint density at radius 2 is 0.865 bits per heavy atom. The van der Waals surface area contributed by atoms with E-state index in [9.17, 15) is 4.79 Å². The maximum Gasteiger partial charge on any atom is 0.323 e. The van der Waals surface area contributed by atoms with Crippen LogP contribution in [-0.2, 0) is 31.4 Å². The third kappa shape index (κ3) is 19.3. The summed E-state index contributed by atoms with van der Waals surface area (Å²) in [6.45, 7) is 38.6. The molecule has 0 heterocycles. The molecule has 222 valence electrons. The van der Waals surface area contributed by atoms with Crippen molar-refractivity contribution in [1.82, 2.24) is 0 Å². The van der Waals surface area contributed by atoms with Gasteiger partial charge in [-0.25, -0.2) is 0 Å². The fraction of sp³-hybridized carbons (Fsp3) is 0.958. The van der Waals surface area contributed by atoms with E-state index >= 15 is 0 Å². The minimum atomic E-state index is -2.18. The average molecular weight is 629 g/mol. The Balaban J connectivity index is 7.03. The van der Waals surface area contributed by atoms with Crippen LogP contribution in [-0.4, -0.2) is 86.9 Å². The SMILES string of the molecule is C[Si](C)(C)OC[C@H](O[Si](C)(C)C)[C@@H](O[Si](C)(C)C)[C@@H](O[Si](C)(C)C)[C@@H](O[Si](C)(C)C)C(=O)O[Si](C)(C)C. The molecule has 0 aliphatic rings. The monoisotopic (exact) mass is 628 g/mol. The third-order valence-electron chi connectivity index (χ3n) is 4.27. The Morgan fingerprint density at radius 1 is 0.486 bits per heavy atom. The summed E-state index contributed by atoms with van der Waals surface area (Å²) < 4.78 is 39.6. The predicted octanol–water partition coefficient (Wildman–Crippen LogP) is 7.10. The maximum atomic E-state index is 13.8. The van der Waals surface area contributed by atoms with Gasteiger partial charge < -0.3 is 26.6 Å². The minimum absolute atomic E-state index is 0.355. The smallest absolute Gasteiger partial charge is 0.323 e. The van der Waals surface area contributed by atoms with Gasteiger partial charge in [-0.05, 0) is 118 Å². The molecule has 0 amide bonds. The van der Waals surface area contributed by atoms with E-state index in [1.165, 1.54) is 0 Å². The number of rotatable bonds is 16. The van der Waals surface area contributed by atoms with Crippen molar-refractivity contribution < 1.29 is 31.4 Å². The lowest BCUT2D eigenvalue weighted by Crippen LogP contribution is -2.61. The maximum absolute atomic E-state index is 13.8. The van der Waals surface area contributed by atoms with E-state index in [1.807, 2.05) is 19.6 Å². The zero-order chi connectivity index (χ0) is 29.8. The second kappa shape index (κ2) is 13.5. The fourth-order valence-corrected chi connectivity index (χ4v) is 9.11. The van der Waals surface area contributed by atoms with Gasteiger partial charge in [-0.2, -0.15) is 0 Å². The standard InChI is InChI=1S/C24H60O7Si6/c1-32(2,3)26-19-20(27-33(4,5)6)21(28-34(7,8)9)22(29-35(10,11)12)23(30-36(13,14)15)24(25)31-37(16,17)18/h20-23H,19H2,1-18H3/t20-,21+,22+,23+/m0/s1. The van der Waals surface area contributed by atoms with Crippen LogP contribution in [0.3, 0.4) is 0 Å². The van der Waals surface area contributed by atoms with E-state index in [2.05, 4.69) is 98.2 Å². The minimum Gasteiger partial charge on any atom is -0.518 e. The van der Waals surface area contributed by atoms with E-state index in [0.717, 1.165) is 0 Å². The van der Waals surface area contributed by atoms with Crippen LogP contribution in [0.15, 0.2) is 0 Å². The third-order valence-corrected chi connectivity index (χ3v) is 10.0. The number of carbonyl (C=O) groups excluding carboxylic acids is 1. The number of carbonyl (C=O) groups is 1. The molecular formula is C24H60O7Si6. The average Bonchev–Trinajstić information content (AvgIpc) is 2.54. The molecule has 0 bridgehead atoms. The molecule has 0 N–H and O–H groups in total. The molecule has 0 rings (SSSR count). The van der Waals surface area contributed by atoms with Crippen molar-refractivity contribution >= 4 is 55.9 Å². The van der Waals surface area contributed by atoms with Gasteiger partial charge in [0.1, 0.15) is 12.2 Å². The highest BCUT2D eigenvalue weighted by Gasteiger charge is 2.48. The highest BCUT2D eigenvalue weighted by atomic mass is 28.4. The van der Waals surface area contributed by atoms with Gasteiger partial charge in [0.15, 0.2) is 47.7 Å². The zero-order valence-corrected chi connectivity index (χ0v) is 33.4. The molecule has 0 aliphatic carbocycles. The van der Waals surface area contributed by atoms with E-state index in [1.54, 1.807) is 0 Å². The summed E-state index contributed by atoms with van der Waals surface area (Å²) in [6, 6.07) is 0. The molecule has 0 spiro atoms. The second-order valence-electron chi connectivity index (χ2n) is 15.8. The molecule has 4 atom stereocenters. The van der Waals surface area contributed by atoms with Crippen molar-refractivity contribution in [1.29, 1.82) is 0 Å². The summed E-state index contributed by atoms with van der Waals surface area (Å²) in [4.78, 5) is 13.8. The molecular weight excluding hydrogens is 569 g/mol. The molecule has 13 heteroatoms. The molecule has 0 aromatic carbocycles. The van der Waals surface area contributed by atoms with Crippen molar-refractivity contribution in [3.05, 3.63) is 0 Å². The largest absolute Gasteiger partial charge is 0.518 e. The topological polar surface area (TPSA) is 72.5 Å². The molecule has 0 aromatic rings. The normalized spacial score (nSPS) is 17.8. The molecule has 0 fully saturated rings. The van der Waals surface area contributed by atoms with E-state index in [0.29, 0.717) is 6.61 Å². The van der Waals surface area contributed by atoms with Crippen LogP contribution in [0.2, 0.25) is 118 Å². The van der Waals surface area contributed by atoms with Crippen molar-refractivity contribution in [2.24, 2.45) is 0 Å². The van der Waals surface area contributed by atoms with Gasteiger partial charge in [-0.3, -0.25) is 4.79 Å². The molecule has 7 nitrogen and oxygen atoms in total. The van der Waals surface area contributed by atoms with Crippen molar-refractivity contribution in [2.45, 2.75) is 142 Å². The van der Waals surface area contributed by atoms with Gasteiger partial charge in [-0.1, -0.05) is 0 Å². The van der Waals surface area contributed by atoms with Crippen molar-refractivity contribution in [2.75, 3.05) is 6.61 Å². The van der Waals surface area contributed by atoms with Gasteiger partial charge in [0, 0.05) is 0 Å². The summed E-state index contributed by atoms with van der Waals surface area (Å²) in [5.74, 6) is -0.355. The lowest BCUT2D eigenvalue weighted by atomic mass is 10.0. The van der Waals surface area contributed by atoms with Gasteiger partial charge >= 0.3 is 5.97 Å². The Kier molecular flexibility index (Phi) is 13.7. The van der Waals surface area contributed by atoms with Crippen LogP contribution in [0.4, 0.5) is 0 Å². The summed E-state index contributed by atoms with van der Waals surface area (Å²) in [6.07, 6.45) is -2.48. The molecule has 37 heavy (non-hydrogen) atoms. The first kappa shape index (κ1) is 37.6. The quantitative estimate of drug-likeness (QED) is 0.169. The van der Waals surface area contributed by atoms with E-state index in [4.69, 9.17) is 26.6 Å². The fourth-order valence-electron chi connectivity index (χ4n) is 3.44. The van der Waals surface area contributed by atoms with Crippen LogP contribution in [0, 0.1) is 0 Å². The van der Waals surface area contributed by atoms with Crippen LogP contribution in [0.25, 0.3) is 0 Å². The zero-order valence-electron chi connectivity index (χ0n) is 27.4. The Morgan fingerprint density at radius 3 is 1.19 bits per heavy atom. The summed E-state index contributed by atoms with van der Waals surface area (Å²) in [5.41, 5.74) is 0. The summed E-state index contributed by atoms with van der Waals surface area (Å²) in [5, 5.41) is 0. The molecule has 0 unspecified atom stereocenters. The molecule has 0 aromatic heterocycles. The van der Waals surface area contributed by atoms with Crippen molar-refractivity contribution in [3.63, 3.8) is 0 Å². The first-order valence-electron chi connectivity index (χ1n) is 13.6. The molecule has 0 aliphatic heterocycles. The Bertz CT molecular complexity index is 710. The highest BCUT2D eigenvalue weighted by Crippen LogP contribution is 2.29. The first-order chi connectivity index (χ1) is 16.0. The van der Waals surface area contributed by atoms with Crippen molar-refractivity contribution in [3.8, 4) is 0 Å². The summed E-state index contributed by atoms with van der Waals surface area (Å²) >= 11 is 0. The van der Waals surface area contributed by atoms with Gasteiger partial charge in [0.25, 0.3) is 0 Å². The lowest BCUT2D eigenvalue weighted by Gasteiger charge is -2.45. The second-order valence-corrected chi connectivity index (χ2v) is 42.6. The van der Waals surface area contributed by atoms with Gasteiger partial charge in [0.2, 0.25) is 8.32 Å². The van der Waals surface area contributed by atoms with Gasteiger partial charge in [-0.15, -0.1) is 0 Å². The molecule has 0 saturated heterocycles. The predicted molar refractivity (Wildman–Crippen MR) is 172 cm³/mol. The molecule has 0 radical (unpaired) electrons. The Labute approximate surface area is 235 Å². The number of hydrogen-bond acceptors (Lipinski definition) is 7. The van der Waals surface area contributed by atoms with Crippen LogP contribution >= 0.6 is 0 Å². The molecule has 0 saturated carbocycles. The highest BCUT2D eigenvalue weighted by molar-refractivity contribution is 6.72. The Hall–Kier alpha value is 0.571. The van der Waals surface area contributed by atoms with Gasteiger partial charge in [0.05, 0.1) is 12.7 Å². The van der Waals surface area contributed by atoms with E-state index in [-0.39, 0.29) is 12.1 Å².